The number of hydrogen-bond acceptors (Lipinski definition) is 7. The third-order valence-corrected chi connectivity index (χ3v) is 3.19. The van der Waals surface area contributed by atoms with Crippen molar-refractivity contribution in [3.05, 3.63) is 55.1 Å². The summed E-state index contributed by atoms with van der Waals surface area (Å²) in [6, 6.07) is 12.4. The highest BCUT2D eigenvalue weighted by atomic mass is 127. The summed E-state index contributed by atoms with van der Waals surface area (Å²) in [5.74, 6) is 0.829. The fraction of sp³-hybridized carbons (Fsp3) is 0.286. The first kappa shape index (κ1) is 35.7. The van der Waals surface area contributed by atoms with Gasteiger partial charge in [-0.3, -0.25) is 0 Å². The third kappa shape index (κ3) is 19.6. The molecule has 0 radical (unpaired) electrons. The number of fused-ring (bicyclic) bond motifs is 1. The molecule has 0 aliphatic heterocycles. The van der Waals surface area contributed by atoms with Gasteiger partial charge in [0, 0.05) is 0 Å². The summed E-state index contributed by atoms with van der Waals surface area (Å²) >= 11 is 3.43. The van der Waals surface area contributed by atoms with Gasteiger partial charge >= 0.3 is 6.16 Å². The van der Waals surface area contributed by atoms with E-state index < -0.39 is 6.16 Å². The molecule has 0 unspecified atom stereocenters. The SMILES string of the molecule is C=C.C=O.C=O.CC.CCCOC(=O)OI.Cc1ccc2cc(ONI)ccc2c1. The zero-order chi connectivity index (χ0) is 24.4. The van der Waals surface area contributed by atoms with E-state index in [1.54, 1.807) is 0 Å². The number of carbonyl (C=O) groups excluding carboxylic acids is 3. The molecule has 0 amide bonds. The molecule has 2 rings (SSSR count). The second-order valence-electron chi connectivity index (χ2n) is 4.37. The van der Waals surface area contributed by atoms with Crippen molar-refractivity contribution in [2.45, 2.75) is 34.1 Å². The number of hydrogen-bond donors (Lipinski definition) is 1. The van der Waals surface area contributed by atoms with Crippen molar-refractivity contribution in [1.82, 2.24) is 3.69 Å². The lowest BCUT2D eigenvalue weighted by atomic mass is 10.1. The molecular formula is C21H31I2NO6. The van der Waals surface area contributed by atoms with Gasteiger partial charge < -0.3 is 22.2 Å². The molecule has 0 spiro atoms. The minimum Gasteiger partial charge on any atom is -0.434 e. The van der Waals surface area contributed by atoms with Crippen LogP contribution < -0.4 is 8.53 Å². The number of aryl methyl sites for hydroxylation is 1. The molecule has 7 nitrogen and oxygen atoms in total. The molecule has 1 N–H and O–H groups in total. The maximum absolute atomic E-state index is 10.1. The van der Waals surface area contributed by atoms with Crippen LogP contribution in [-0.4, -0.2) is 26.3 Å². The lowest BCUT2D eigenvalue weighted by Gasteiger charge is -2.03. The van der Waals surface area contributed by atoms with E-state index in [1.165, 1.54) is 39.3 Å². The molecule has 0 fully saturated rings. The van der Waals surface area contributed by atoms with Crippen LogP contribution in [0, 0.1) is 6.92 Å². The third-order valence-electron chi connectivity index (χ3n) is 2.61. The van der Waals surface area contributed by atoms with Crippen molar-refractivity contribution < 1.29 is 27.0 Å². The Morgan fingerprint density at radius 1 is 1.00 bits per heavy atom. The van der Waals surface area contributed by atoms with Crippen LogP contribution >= 0.6 is 45.9 Å². The molecule has 9 heteroatoms. The van der Waals surface area contributed by atoms with Crippen molar-refractivity contribution >= 4 is 76.4 Å². The van der Waals surface area contributed by atoms with Crippen LogP contribution in [0.15, 0.2) is 49.6 Å². The van der Waals surface area contributed by atoms with Gasteiger partial charge in [0.05, 0.1) is 29.5 Å². The first-order valence-corrected chi connectivity index (χ1v) is 10.6. The van der Waals surface area contributed by atoms with Crippen LogP contribution in [-0.2, 0) is 17.4 Å². The predicted molar refractivity (Wildman–Crippen MR) is 140 cm³/mol. The second-order valence-corrected chi connectivity index (χ2v) is 5.25. The normalized spacial score (nSPS) is 7.67. The lowest BCUT2D eigenvalue weighted by molar-refractivity contribution is -0.0987. The molecule has 30 heavy (non-hydrogen) atoms. The van der Waals surface area contributed by atoms with E-state index in [2.05, 4.69) is 55.8 Å². The number of halogens is 2. The van der Waals surface area contributed by atoms with Crippen LogP contribution in [0.2, 0.25) is 0 Å². The highest BCUT2D eigenvalue weighted by molar-refractivity contribution is 14.1. The minimum absolute atomic E-state index is 0.432. The molecule has 2 aromatic carbocycles. The smallest absolute Gasteiger partial charge is 0.434 e. The number of ether oxygens (including phenoxy) is 1. The van der Waals surface area contributed by atoms with E-state index >= 15 is 0 Å². The minimum atomic E-state index is -0.618. The van der Waals surface area contributed by atoms with Gasteiger partial charge in [0.25, 0.3) is 0 Å². The van der Waals surface area contributed by atoms with E-state index in [1.807, 2.05) is 69.3 Å². The molecule has 0 saturated heterocycles. The second kappa shape index (κ2) is 29.5. The van der Waals surface area contributed by atoms with E-state index in [4.69, 9.17) is 14.4 Å². The first-order chi connectivity index (χ1) is 14.6. The molecule has 2 aromatic rings. The number of carbonyl (C=O) groups is 3. The summed E-state index contributed by atoms with van der Waals surface area (Å²) in [6.07, 6.45) is 0.207. The average Bonchev–Trinajstić information content (AvgIpc) is 2.83. The van der Waals surface area contributed by atoms with E-state index in [0.717, 1.165) is 12.2 Å². The summed E-state index contributed by atoms with van der Waals surface area (Å²) in [4.78, 5) is 31.3. The van der Waals surface area contributed by atoms with Gasteiger partial charge in [0.2, 0.25) is 0 Å². The predicted octanol–water partition coefficient (Wildman–Crippen LogP) is 6.74. The van der Waals surface area contributed by atoms with Gasteiger partial charge in [0.1, 0.15) is 19.3 Å². The van der Waals surface area contributed by atoms with Crippen molar-refractivity contribution in [3.63, 3.8) is 0 Å². The fourth-order valence-electron chi connectivity index (χ4n) is 1.66. The van der Waals surface area contributed by atoms with Crippen molar-refractivity contribution in [1.29, 1.82) is 0 Å². The Bertz CT molecular complexity index is 654. The molecule has 170 valence electrons. The monoisotopic (exact) mass is 647 g/mol. The molecule has 0 aliphatic rings. The molecule has 0 atom stereocenters. The summed E-state index contributed by atoms with van der Waals surface area (Å²) in [5.41, 5.74) is 1.28. The Hall–Kier alpha value is -1.73. The standard InChI is InChI=1S/C11H10INO.C4H7IO3.C2H6.C2H4.2CH2O/c1-8-2-3-10-7-11(14-13-12)5-4-9(10)6-8;1-2-3-7-4(6)8-5;4*1-2/h2-7,13H,1H3;2-3H2,1H3;1-2H3;1-2H2;2*1H2. The van der Waals surface area contributed by atoms with Gasteiger partial charge in [-0.25, -0.2) is 4.79 Å². The van der Waals surface area contributed by atoms with Crippen LogP contribution in [0.25, 0.3) is 10.8 Å². The molecular weight excluding hydrogens is 616 g/mol. The quantitative estimate of drug-likeness (QED) is 0.129. The highest BCUT2D eigenvalue weighted by Crippen LogP contribution is 2.21. The first-order valence-electron chi connectivity index (χ1n) is 8.66. The molecule has 0 bridgehead atoms. The van der Waals surface area contributed by atoms with Crippen molar-refractivity contribution in [2.75, 3.05) is 6.61 Å². The largest absolute Gasteiger partial charge is 0.517 e. The molecule has 0 heterocycles. The average molecular weight is 647 g/mol. The van der Waals surface area contributed by atoms with Crippen molar-refractivity contribution in [3.8, 4) is 5.75 Å². The maximum atomic E-state index is 10.1. The Morgan fingerprint density at radius 3 is 1.97 bits per heavy atom. The van der Waals surface area contributed by atoms with Gasteiger partial charge in [0.15, 0.2) is 23.0 Å². The summed E-state index contributed by atoms with van der Waals surface area (Å²) in [5, 5.41) is 2.44. The Morgan fingerprint density at radius 2 is 1.50 bits per heavy atom. The van der Waals surface area contributed by atoms with Crippen LogP contribution in [0.5, 0.6) is 5.75 Å². The number of benzene rings is 2. The zero-order valence-corrected chi connectivity index (χ0v) is 22.2. The van der Waals surface area contributed by atoms with Gasteiger partial charge in [-0.2, -0.15) is 0 Å². The van der Waals surface area contributed by atoms with Gasteiger partial charge in [-0.1, -0.05) is 54.3 Å². The van der Waals surface area contributed by atoms with E-state index in [-0.39, 0.29) is 0 Å². The summed E-state index contributed by atoms with van der Waals surface area (Å²) in [6.45, 7) is 18.4. The number of nitrogens with one attached hydrogen (secondary N) is 1. The van der Waals surface area contributed by atoms with Gasteiger partial charge in [-0.15, -0.1) is 13.2 Å². The van der Waals surface area contributed by atoms with Crippen molar-refractivity contribution in [2.24, 2.45) is 0 Å². The van der Waals surface area contributed by atoms with Crippen LogP contribution in [0.1, 0.15) is 32.8 Å². The topological polar surface area (TPSA) is 90.9 Å². The van der Waals surface area contributed by atoms with Crippen LogP contribution in [0.4, 0.5) is 4.79 Å². The summed E-state index contributed by atoms with van der Waals surface area (Å²) in [7, 11) is 0. The molecule has 0 saturated carbocycles. The Balaban J connectivity index is -0.000000182. The van der Waals surface area contributed by atoms with E-state index in [0.29, 0.717) is 6.61 Å². The Labute approximate surface area is 207 Å². The highest BCUT2D eigenvalue weighted by Gasteiger charge is 1.97. The van der Waals surface area contributed by atoms with Gasteiger partial charge in [-0.05, 0) is 36.2 Å². The van der Waals surface area contributed by atoms with E-state index in [9.17, 15) is 4.79 Å². The maximum Gasteiger partial charge on any atom is 0.517 e. The fourth-order valence-corrected chi connectivity index (χ4v) is 2.04. The molecule has 0 aromatic heterocycles. The lowest BCUT2D eigenvalue weighted by Crippen LogP contribution is -2.02. The Kier molecular flexibility index (Phi) is 35.1. The molecule has 0 aliphatic carbocycles. The number of rotatable bonds is 4. The van der Waals surface area contributed by atoms with Crippen LogP contribution in [0.3, 0.4) is 0 Å². The zero-order valence-electron chi connectivity index (χ0n) is 17.9. The summed E-state index contributed by atoms with van der Waals surface area (Å²) < 4.78 is 11.3.